The van der Waals surface area contributed by atoms with E-state index in [0.717, 1.165) is 70.3 Å². The number of para-hydroxylation sites is 1. The molecule has 2 saturated heterocycles. The monoisotopic (exact) mass is 474 g/mol. The molecule has 2 amide bonds. The number of hydrogen-bond donors (Lipinski definition) is 0. The first-order valence-electron chi connectivity index (χ1n) is 13.9. The highest BCUT2D eigenvalue weighted by atomic mass is 16.2. The second kappa shape index (κ2) is 9.88. The number of likely N-dealkylation sites (tertiary alicyclic amines) is 1. The second-order valence-corrected chi connectivity index (χ2v) is 11.2. The molecule has 6 nitrogen and oxygen atoms in total. The molecule has 2 aromatic rings. The third kappa shape index (κ3) is 4.46. The van der Waals surface area contributed by atoms with Gasteiger partial charge in [-0.2, -0.15) is 0 Å². The van der Waals surface area contributed by atoms with Crippen molar-refractivity contribution in [2.45, 2.75) is 51.4 Å². The van der Waals surface area contributed by atoms with E-state index in [9.17, 15) is 9.59 Å². The average molecular weight is 475 g/mol. The van der Waals surface area contributed by atoms with Crippen molar-refractivity contribution in [3.63, 3.8) is 0 Å². The second-order valence-electron chi connectivity index (χ2n) is 11.2. The van der Waals surface area contributed by atoms with Crippen LogP contribution in [0.2, 0.25) is 0 Å². The summed E-state index contributed by atoms with van der Waals surface area (Å²) in [7, 11) is 0. The molecule has 6 rings (SSSR count). The fraction of sp³-hybridized carbons (Fsp3) is 0.621. The maximum atomic E-state index is 13.1. The topological polar surface area (TPSA) is 56.8 Å². The number of carbonyl (C=O) groups is 2. The van der Waals surface area contributed by atoms with Gasteiger partial charge in [0.25, 0.3) is 0 Å². The van der Waals surface area contributed by atoms with Crippen molar-refractivity contribution in [2.24, 2.45) is 23.7 Å². The maximum absolute atomic E-state index is 13.1. The highest BCUT2D eigenvalue weighted by Gasteiger charge is 2.49. The van der Waals surface area contributed by atoms with E-state index in [-0.39, 0.29) is 23.7 Å². The number of aromatic nitrogens is 1. The molecule has 2 aliphatic carbocycles. The van der Waals surface area contributed by atoms with Crippen molar-refractivity contribution < 1.29 is 9.59 Å². The molecule has 4 atom stereocenters. The molecule has 3 heterocycles. The average Bonchev–Trinajstić information content (AvgIpc) is 3.15. The number of anilines is 1. The molecule has 4 aliphatic rings. The Bertz CT molecular complexity index is 1050. The molecular formula is C29H38N4O2. The number of nitrogens with zero attached hydrogens (tertiary/aromatic N) is 4. The SMILES string of the molecule is O=C1C2CCCCC2C(=O)N1CC1CCCCC1CN1CCN(c2cccc3cccnc23)CC1. The summed E-state index contributed by atoms with van der Waals surface area (Å²) in [5, 5.41) is 1.20. The van der Waals surface area contributed by atoms with Crippen molar-refractivity contribution in [2.75, 3.05) is 44.2 Å². The summed E-state index contributed by atoms with van der Waals surface area (Å²) in [6.45, 7) is 5.89. The van der Waals surface area contributed by atoms with E-state index in [0.29, 0.717) is 18.4 Å². The third-order valence-corrected chi connectivity index (χ3v) is 9.23. The minimum Gasteiger partial charge on any atom is -0.367 e. The number of rotatable bonds is 5. The van der Waals surface area contributed by atoms with E-state index in [1.807, 2.05) is 12.3 Å². The standard InChI is InChI=1S/C29H38N4O2/c34-28-24-11-3-4-12-25(24)29(35)33(28)20-23-8-2-1-7-22(23)19-31-15-17-32(18-16-31)26-13-5-9-21-10-6-14-30-27(21)26/h5-6,9-10,13-14,22-25H,1-4,7-8,11-12,15-20H2. The fourth-order valence-corrected chi connectivity index (χ4v) is 7.26. The van der Waals surface area contributed by atoms with Crippen LogP contribution in [-0.4, -0.2) is 65.9 Å². The van der Waals surface area contributed by atoms with Gasteiger partial charge in [-0.15, -0.1) is 0 Å². The molecule has 1 aromatic heterocycles. The molecule has 0 radical (unpaired) electrons. The van der Waals surface area contributed by atoms with Crippen LogP contribution in [0.1, 0.15) is 51.4 Å². The van der Waals surface area contributed by atoms with Crippen molar-refractivity contribution in [1.82, 2.24) is 14.8 Å². The van der Waals surface area contributed by atoms with Gasteiger partial charge in [0.15, 0.2) is 0 Å². The molecule has 1 aromatic carbocycles. The first-order chi connectivity index (χ1) is 17.2. The Morgan fingerprint density at radius 1 is 0.743 bits per heavy atom. The van der Waals surface area contributed by atoms with Gasteiger partial charge in [-0.25, -0.2) is 0 Å². The molecule has 2 saturated carbocycles. The van der Waals surface area contributed by atoms with Crippen molar-refractivity contribution in [3.05, 3.63) is 36.5 Å². The summed E-state index contributed by atoms with van der Waals surface area (Å²) >= 11 is 0. The zero-order valence-corrected chi connectivity index (χ0v) is 20.8. The highest BCUT2D eigenvalue weighted by Crippen LogP contribution is 2.40. The number of imide groups is 1. The Kier molecular flexibility index (Phi) is 6.48. The van der Waals surface area contributed by atoms with Crippen molar-refractivity contribution >= 4 is 28.4 Å². The molecule has 0 N–H and O–H groups in total. The van der Waals surface area contributed by atoms with Crippen LogP contribution in [0.25, 0.3) is 10.9 Å². The van der Waals surface area contributed by atoms with E-state index in [2.05, 4.69) is 39.0 Å². The summed E-state index contributed by atoms with van der Waals surface area (Å²) in [5.41, 5.74) is 2.34. The van der Waals surface area contributed by atoms with E-state index in [1.165, 1.54) is 30.3 Å². The van der Waals surface area contributed by atoms with Gasteiger partial charge in [-0.1, -0.05) is 43.9 Å². The van der Waals surface area contributed by atoms with E-state index in [1.54, 1.807) is 4.90 Å². The largest absolute Gasteiger partial charge is 0.367 e. The van der Waals surface area contributed by atoms with Crippen LogP contribution in [0.15, 0.2) is 36.5 Å². The van der Waals surface area contributed by atoms with Gasteiger partial charge in [0.1, 0.15) is 0 Å². The minimum atomic E-state index is -0.0186. The van der Waals surface area contributed by atoms with Crippen LogP contribution in [0.4, 0.5) is 5.69 Å². The highest BCUT2D eigenvalue weighted by molar-refractivity contribution is 6.05. The Morgan fingerprint density at radius 2 is 1.37 bits per heavy atom. The predicted molar refractivity (Wildman–Crippen MR) is 138 cm³/mol. The van der Waals surface area contributed by atoms with Gasteiger partial charge in [-0.05, 0) is 49.7 Å². The summed E-state index contributed by atoms with van der Waals surface area (Å²) in [6.07, 6.45) is 10.8. The van der Waals surface area contributed by atoms with Gasteiger partial charge in [0, 0.05) is 50.9 Å². The zero-order valence-electron chi connectivity index (χ0n) is 20.8. The molecular weight excluding hydrogens is 436 g/mol. The molecule has 2 aliphatic heterocycles. The molecule has 4 unspecified atom stereocenters. The van der Waals surface area contributed by atoms with Crippen LogP contribution >= 0.6 is 0 Å². The fourth-order valence-electron chi connectivity index (χ4n) is 7.26. The maximum Gasteiger partial charge on any atom is 0.233 e. The summed E-state index contributed by atoms with van der Waals surface area (Å²) in [4.78, 5) is 37.6. The van der Waals surface area contributed by atoms with Gasteiger partial charge in [-0.3, -0.25) is 24.4 Å². The first kappa shape index (κ1) is 23.0. The lowest BCUT2D eigenvalue weighted by Crippen LogP contribution is -2.49. The van der Waals surface area contributed by atoms with Crippen LogP contribution in [-0.2, 0) is 9.59 Å². The van der Waals surface area contributed by atoms with Crippen molar-refractivity contribution in [1.29, 1.82) is 0 Å². The Labute approximate surface area is 208 Å². The Morgan fingerprint density at radius 3 is 2.09 bits per heavy atom. The quantitative estimate of drug-likeness (QED) is 0.604. The Balaban J connectivity index is 1.08. The lowest BCUT2D eigenvalue weighted by atomic mass is 9.78. The number of hydrogen-bond acceptors (Lipinski definition) is 5. The van der Waals surface area contributed by atoms with Gasteiger partial charge < -0.3 is 4.90 Å². The van der Waals surface area contributed by atoms with Crippen LogP contribution in [0.5, 0.6) is 0 Å². The molecule has 6 heteroatoms. The molecule has 186 valence electrons. The van der Waals surface area contributed by atoms with E-state index in [4.69, 9.17) is 0 Å². The number of benzene rings is 1. The molecule has 4 fully saturated rings. The van der Waals surface area contributed by atoms with E-state index < -0.39 is 0 Å². The zero-order chi connectivity index (χ0) is 23.8. The van der Waals surface area contributed by atoms with Crippen LogP contribution in [0.3, 0.4) is 0 Å². The number of amides is 2. The number of carbonyl (C=O) groups excluding carboxylic acids is 2. The predicted octanol–water partition coefficient (Wildman–Crippen LogP) is 4.34. The lowest BCUT2D eigenvalue weighted by molar-refractivity contribution is -0.141. The first-order valence-corrected chi connectivity index (χ1v) is 13.9. The number of fused-ring (bicyclic) bond motifs is 2. The molecule has 0 bridgehead atoms. The van der Waals surface area contributed by atoms with Gasteiger partial charge in [0.2, 0.25) is 11.8 Å². The summed E-state index contributed by atoms with van der Waals surface area (Å²) in [5.74, 6) is 1.28. The normalized spacial score (nSPS) is 30.2. The lowest BCUT2D eigenvalue weighted by Gasteiger charge is -2.41. The molecule has 0 spiro atoms. The van der Waals surface area contributed by atoms with Gasteiger partial charge >= 0.3 is 0 Å². The molecule has 35 heavy (non-hydrogen) atoms. The number of piperazine rings is 1. The van der Waals surface area contributed by atoms with Gasteiger partial charge in [0.05, 0.1) is 23.0 Å². The van der Waals surface area contributed by atoms with Crippen molar-refractivity contribution in [3.8, 4) is 0 Å². The van der Waals surface area contributed by atoms with Crippen LogP contribution < -0.4 is 4.90 Å². The van der Waals surface area contributed by atoms with E-state index >= 15 is 0 Å². The summed E-state index contributed by atoms with van der Waals surface area (Å²) in [6, 6.07) is 10.6. The summed E-state index contributed by atoms with van der Waals surface area (Å²) < 4.78 is 0. The smallest absolute Gasteiger partial charge is 0.233 e. The third-order valence-electron chi connectivity index (χ3n) is 9.23. The minimum absolute atomic E-state index is 0.0186. The Hall–Kier alpha value is -2.47. The van der Waals surface area contributed by atoms with Crippen LogP contribution in [0, 0.1) is 23.7 Å². The number of pyridine rings is 1.